The predicted molar refractivity (Wildman–Crippen MR) is 116 cm³/mol. The van der Waals surface area contributed by atoms with Crippen LogP contribution in [-0.4, -0.2) is 29.2 Å². The molecular weight excluding hydrogens is 410 g/mol. The zero-order chi connectivity index (χ0) is 20.7. The van der Waals surface area contributed by atoms with Crippen molar-refractivity contribution in [2.24, 2.45) is 0 Å². The quantitative estimate of drug-likeness (QED) is 0.566. The summed E-state index contributed by atoms with van der Waals surface area (Å²) in [7, 11) is -0.425. The number of halogens is 1. The third kappa shape index (κ3) is 5.93. The van der Waals surface area contributed by atoms with E-state index in [0.717, 1.165) is 11.1 Å². The first kappa shape index (κ1) is 21.1. The van der Waals surface area contributed by atoms with E-state index in [2.05, 4.69) is 14.7 Å². The van der Waals surface area contributed by atoms with Crippen LogP contribution in [0.4, 0.5) is 0 Å². The number of aromatic nitrogens is 2. The van der Waals surface area contributed by atoms with E-state index in [1.807, 2.05) is 42.7 Å². The van der Waals surface area contributed by atoms with Crippen LogP contribution in [0.1, 0.15) is 21.5 Å². The van der Waals surface area contributed by atoms with Gasteiger partial charge in [-0.3, -0.25) is 9.52 Å². The summed E-state index contributed by atoms with van der Waals surface area (Å²) in [6.07, 6.45) is 6.27. The first-order valence-corrected chi connectivity index (χ1v) is 11.3. The molecule has 0 aliphatic rings. The Labute approximate surface area is 176 Å². The highest BCUT2D eigenvalue weighted by molar-refractivity contribution is 8.27. The van der Waals surface area contributed by atoms with Crippen LogP contribution in [0.25, 0.3) is 0 Å². The Morgan fingerprint density at radius 2 is 1.83 bits per heavy atom. The van der Waals surface area contributed by atoms with Crippen LogP contribution in [0.3, 0.4) is 0 Å². The van der Waals surface area contributed by atoms with Crippen molar-refractivity contribution in [3.8, 4) is 5.75 Å². The molecule has 0 aliphatic carbocycles. The molecule has 1 N–H and O–H groups in total. The van der Waals surface area contributed by atoms with Crippen LogP contribution >= 0.6 is 22.1 Å². The average Bonchev–Trinajstić information content (AvgIpc) is 2.74. The zero-order valence-corrected chi connectivity index (χ0v) is 17.7. The lowest BCUT2D eigenvalue weighted by molar-refractivity contribution is 0.0978. The van der Waals surface area contributed by atoms with Crippen molar-refractivity contribution in [1.82, 2.24) is 14.7 Å². The Kier molecular flexibility index (Phi) is 7.09. The number of methoxy groups -OCH3 is 1. The maximum Gasteiger partial charge on any atom is 0.264 e. The first-order valence-electron chi connectivity index (χ1n) is 8.83. The summed E-state index contributed by atoms with van der Waals surface area (Å²) in [4.78, 5) is 20.5. The van der Waals surface area contributed by atoms with Gasteiger partial charge in [0, 0.05) is 24.4 Å². The van der Waals surface area contributed by atoms with E-state index in [9.17, 15) is 4.79 Å². The Bertz CT molecular complexity index is 960. The number of nitrogens with zero attached hydrogens (tertiary/aromatic N) is 2. The summed E-state index contributed by atoms with van der Waals surface area (Å²) >= 11 is 6.22. The fourth-order valence-corrected chi connectivity index (χ4v) is 4.90. The smallest absolute Gasteiger partial charge is 0.264 e. The second-order valence-electron chi connectivity index (χ2n) is 6.42. The molecule has 1 aromatic heterocycles. The Balaban J connectivity index is 1.78. The van der Waals surface area contributed by atoms with Crippen LogP contribution < -0.4 is 9.46 Å². The summed E-state index contributed by atoms with van der Waals surface area (Å²) in [5.41, 5.74) is 2.35. The van der Waals surface area contributed by atoms with Gasteiger partial charge in [0.05, 0.1) is 24.3 Å². The normalized spacial score (nSPS) is 13.9. The van der Waals surface area contributed by atoms with E-state index < -0.39 is 10.5 Å². The Morgan fingerprint density at radius 1 is 1.10 bits per heavy atom. The van der Waals surface area contributed by atoms with Crippen molar-refractivity contribution in [3.05, 3.63) is 89.0 Å². The number of rotatable bonds is 8. The second-order valence-corrected chi connectivity index (χ2v) is 9.57. The minimum atomic E-state index is -2.00. The molecule has 1 unspecified atom stereocenters. The van der Waals surface area contributed by atoms with Crippen LogP contribution in [0.5, 0.6) is 5.75 Å². The molecule has 29 heavy (non-hydrogen) atoms. The molecule has 1 atom stereocenters. The molecule has 152 valence electrons. The van der Waals surface area contributed by atoms with Gasteiger partial charge in [0.25, 0.3) is 5.91 Å². The van der Waals surface area contributed by atoms with Gasteiger partial charge < -0.3 is 8.92 Å². The summed E-state index contributed by atoms with van der Waals surface area (Å²) in [6, 6.07) is 15.4. The topological polar surface area (TPSA) is 73.3 Å². The Morgan fingerprint density at radius 3 is 2.48 bits per heavy atom. The summed E-state index contributed by atoms with van der Waals surface area (Å²) in [6.45, 7) is 0.300. The molecule has 0 fully saturated rings. The molecule has 0 saturated carbocycles. The molecule has 0 saturated heterocycles. The lowest BCUT2D eigenvalue weighted by atomic mass is 10.2. The van der Waals surface area contributed by atoms with E-state index in [-0.39, 0.29) is 5.91 Å². The monoisotopic (exact) mass is 431 g/mol. The number of amides is 1. The average molecular weight is 432 g/mol. The van der Waals surface area contributed by atoms with Crippen molar-refractivity contribution in [3.63, 3.8) is 0 Å². The fraction of sp³-hybridized carbons (Fsp3) is 0.190. The van der Waals surface area contributed by atoms with E-state index in [1.165, 1.54) is 18.7 Å². The third-order valence-electron chi connectivity index (χ3n) is 4.12. The lowest BCUT2D eigenvalue weighted by Gasteiger charge is -2.36. The van der Waals surface area contributed by atoms with Crippen molar-refractivity contribution in [2.75, 3.05) is 13.4 Å². The van der Waals surface area contributed by atoms with Gasteiger partial charge in [0.1, 0.15) is 12.1 Å². The highest BCUT2D eigenvalue weighted by atomic mass is 35.5. The maximum atomic E-state index is 12.7. The summed E-state index contributed by atoms with van der Waals surface area (Å²) in [5.74, 6) is 0.899. The van der Waals surface area contributed by atoms with Crippen LogP contribution in [0.2, 0.25) is 5.02 Å². The standard InChI is InChI=1S/C21H22ClN3O3S/c1-27-20-9-8-17(10-19(20)22)13-28-29(2,14-16-6-4-3-5-7-16)25-21(26)18-11-23-15-24-12-18/h3-12,15H,13-14H2,1-2H3,(H,25,26). The highest BCUT2D eigenvalue weighted by Crippen LogP contribution is 2.46. The molecule has 0 radical (unpaired) electrons. The minimum absolute atomic E-state index is 0.271. The molecule has 3 rings (SSSR count). The fourth-order valence-electron chi connectivity index (χ4n) is 2.67. The highest BCUT2D eigenvalue weighted by Gasteiger charge is 2.24. The van der Waals surface area contributed by atoms with Gasteiger partial charge >= 0.3 is 0 Å². The number of nitrogens with one attached hydrogen (secondary N) is 1. The van der Waals surface area contributed by atoms with Crippen LogP contribution in [0.15, 0.2) is 67.3 Å². The predicted octanol–water partition coefficient (Wildman–Crippen LogP) is 4.55. The van der Waals surface area contributed by atoms with Gasteiger partial charge in [-0.25, -0.2) is 9.97 Å². The maximum absolute atomic E-state index is 12.7. The van der Waals surface area contributed by atoms with Gasteiger partial charge in [-0.1, -0.05) is 58.5 Å². The molecule has 6 nitrogen and oxygen atoms in total. The van der Waals surface area contributed by atoms with E-state index in [1.54, 1.807) is 19.2 Å². The van der Waals surface area contributed by atoms with Crippen molar-refractivity contribution in [2.45, 2.75) is 12.4 Å². The number of hydrogen-bond acceptors (Lipinski definition) is 5. The van der Waals surface area contributed by atoms with Gasteiger partial charge in [-0.15, -0.1) is 0 Å². The molecule has 2 aromatic carbocycles. The largest absolute Gasteiger partial charge is 0.495 e. The van der Waals surface area contributed by atoms with Gasteiger partial charge in [-0.05, 0) is 23.3 Å². The second kappa shape index (κ2) is 9.73. The molecule has 3 aromatic rings. The zero-order valence-electron chi connectivity index (χ0n) is 16.2. The van der Waals surface area contributed by atoms with E-state index in [0.29, 0.717) is 28.7 Å². The summed E-state index contributed by atoms with van der Waals surface area (Å²) < 4.78 is 14.5. The van der Waals surface area contributed by atoms with E-state index in [4.69, 9.17) is 20.5 Å². The van der Waals surface area contributed by atoms with Gasteiger partial charge in [0.15, 0.2) is 0 Å². The Hall–Kier alpha value is -2.61. The van der Waals surface area contributed by atoms with Crippen LogP contribution in [0, 0.1) is 0 Å². The molecule has 0 spiro atoms. The number of benzene rings is 2. The molecule has 1 heterocycles. The molecule has 0 bridgehead atoms. The van der Waals surface area contributed by atoms with E-state index >= 15 is 0 Å². The molecule has 8 heteroatoms. The number of ether oxygens (including phenoxy) is 1. The van der Waals surface area contributed by atoms with Gasteiger partial charge in [0.2, 0.25) is 0 Å². The number of carbonyl (C=O) groups excluding carboxylic acids is 1. The molecule has 1 amide bonds. The molecular formula is C21H22ClN3O3S. The van der Waals surface area contributed by atoms with Gasteiger partial charge in [-0.2, -0.15) is 0 Å². The summed E-state index contributed by atoms with van der Waals surface area (Å²) in [5, 5.41) is 0.513. The molecule has 0 aliphatic heterocycles. The van der Waals surface area contributed by atoms with Crippen molar-refractivity contribution in [1.29, 1.82) is 0 Å². The first-order chi connectivity index (χ1) is 14.0. The lowest BCUT2D eigenvalue weighted by Crippen LogP contribution is -2.30. The van der Waals surface area contributed by atoms with Crippen LogP contribution in [-0.2, 0) is 16.5 Å². The number of hydrogen-bond donors (Lipinski definition) is 1. The number of carbonyl (C=O) groups is 1. The third-order valence-corrected chi connectivity index (χ3v) is 6.55. The van der Waals surface area contributed by atoms with Crippen molar-refractivity contribution >= 4 is 28.0 Å². The minimum Gasteiger partial charge on any atom is -0.495 e. The van der Waals surface area contributed by atoms with Crippen molar-refractivity contribution < 1.29 is 13.7 Å². The SMILES string of the molecule is COc1ccc(COS(C)(Cc2ccccc2)NC(=O)c2cncnc2)cc1Cl.